The zero-order valence-corrected chi connectivity index (χ0v) is 12.5. The van der Waals surface area contributed by atoms with Gasteiger partial charge in [-0.15, -0.1) is 0 Å². The fraction of sp³-hybridized carbons (Fsp3) is 0.625. The van der Waals surface area contributed by atoms with Gasteiger partial charge in [-0.25, -0.2) is 0 Å². The Balaban J connectivity index is 1.58. The monoisotopic (exact) mass is 276 g/mol. The van der Waals surface area contributed by atoms with Gasteiger partial charge < -0.3 is 4.90 Å². The van der Waals surface area contributed by atoms with Crippen LogP contribution in [0.3, 0.4) is 0 Å². The van der Waals surface area contributed by atoms with Crippen LogP contribution in [0, 0.1) is 0 Å². The van der Waals surface area contributed by atoms with Crippen molar-refractivity contribution in [1.82, 2.24) is 4.90 Å². The van der Waals surface area contributed by atoms with Crippen LogP contribution >= 0.6 is 11.8 Å². The molecule has 2 fully saturated rings. The third kappa shape index (κ3) is 3.67. The van der Waals surface area contributed by atoms with Crippen LogP contribution in [0.25, 0.3) is 0 Å². The predicted octanol–water partition coefficient (Wildman–Crippen LogP) is 3.23. The summed E-state index contributed by atoms with van der Waals surface area (Å²) in [6.45, 7) is 6.11. The molecule has 0 bridgehead atoms. The average Bonchev–Trinajstić information content (AvgIpc) is 2.50. The van der Waals surface area contributed by atoms with E-state index in [-0.39, 0.29) is 0 Å². The molecule has 0 saturated carbocycles. The first-order chi connectivity index (χ1) is 9.42. The highest BCUT2D eigenvalue weighted by atomic mass is 32.2. The third-order valence-electron chi connectivity index (χ3n) is 4.17. The van der Waals surface area contributed by atoms with Crippen molar-refractivity contribution in [2.45, 2.75) is 25.8 Å². The molecule has 2 heterocycles. The first-order valence-corrected chi connectivity index (χ1v) is 8.71. The molecule has 3 rings (SSSR count). The van der Waals surface area contributed by atoms with Gasteiger partial charge >= 0.3 is 0 Å². The van der Waals surface area contributed by atoms with E-state index in [1.54, 1.807) is 0 Å². The number of piperidine rings is 1. The van der Waals surface area contributed by atoms with E-state index in [4.69, 9.17) is 0 Å². The van der Waals surface area contributed by atoms with E-state index < -0.39 is 0 Å². The summed E-state index contributed by atoms with van der Waals surface area (Å²) in [5.41, 5.74) is 2.87. The number of hydrogen-bond donors (Lipinski definition) is 0. The molecule has 0 aromatic heterocycles. The van der Waals surface area contributed by atoms with Gasteiger partial charge in [0.2, 0.25) is 0 Å². The van der Waals surface area contributed by atoms with Gasteiger partial charge in [0.05, 0.1) is 0 Å². The summed E-state index contributed by atoms with van der Waals surface area (Å²) in [4.78, 5) is 5.11. The van der Waals surface area contributed by atoms with Crippen LogP contribution in [0.1, 0.15) is 24.8 Å². The molecule has 3 heteroatoms. The molecule has 0 unspecified atom stereocenters. The summed E-state index contributed by atoms with van der Waals surface area (Å²) in [5.74, 6) is 2.55. The number of likely N-dealkylation sites (tertiary alicyclic amines) is 1. The van der Waals surface area contributed by atoms with Crippen LogP contribution in [0.5, 0.6) is 0 Å². The molecule has 1 aromatic carbocycles. The fourth-order valence-corrected chi connectivity index (χ4v) is 3.91. The van der Waals surface area contributed by atoms with Gasteiger partial charge in [0.1, 0.15) is 0 Å². The molecule has 2 nitrogen and oxygen atoms in total. The van der Waals surface area contributed by atoms with Crippen molar-refractivity contribution in [3.63, 3.8) is 0 Å². The zero-order valence-electron chi connectivity index (χ0n) is 11.7. The fourth-order valence-electron chi connectivity index (χ4n) is 3.01. The molecule has 2 aliphatic rings. The Bertz CT molecular complexity index is 378. The molecule has 0 N–H and O–H groups in total. The zero-order chi connectivity index (χ0) is 12.9. The lowest BCUT2D eigenvalue weighted by Gasteiger charge is -2.29. The number of anilines is 1. The largest absolute Gasteiger partial charge is 0.370 e. The van der Waals surface area contributed by atoms with Crippen molar-refractivity contribution < 1.29 is 0 Å². The first-order valence-electron chi connectivity index (χ1n) is 7.56. The quantitative estimate of drug-likeness (QED) is 0.837. The minimum Gasteiger partial charge on any atom is -0.370 e. The Kier molecular flexibility index (Phi) is 4.67. The second-order valence-electron chi connectivity index (χ2n) is 5.60. The van der Waals surface area contributed by atoms with E-state index >= 15 is 0 Å². The first kappa shape index (κ1) is 13.3. The van der Waals surface area contributed by atoms with Gasteiger partial charge in [0, 0.05) is 36.8 Å². The van der Waals surface area contributed by atoms with Gasteiger partial charge in [-0.2, -0.15) is 11.8 Å². The molecule has 19 heavy (non-hydrogen) atoms. The molecule has 2 saturated heterocycles. The highest BCUT2D eigenvalue weighted by Gasteiger charge is 2.12. The molecule has 0 spiro atoms. The maximum Gasteiger partial charge on any atom is 0.0366 e. The molecular weight excluding hydrogens is 252 g/mol. The molecule has 0 atom stereocenters. The Hall–Kier alpha value is -0.670. The van der Waals surface area contributed by atoms with Crippen LogP contribution in [0.4, 0.5) is 5.69 Å². The summed E-state index contributed by atoms with van der Waals surface area (Å²) in [5, 5.41) is 0. The van der Waals surface area contributed by atoms with E-state index in [1.807, 2.05) is 0 Å². The van der Waals surface area contributed by atoms with Crippen molar-refractivity contribution in [2.75, 3.05) is 42.6 Å². The van der Waals surface area contributed by atoms with Gasteiger partial charge in [-0.05, 0) is 43.6 Å². The van der Waals surface area contributed by atoms with E-state index in [0.29, 0.717) is 0 Å². The highest BCUT2D eigenvalue weighted by molar-refractivity contribution is 7.99. The van der Waals surface area contributed by atoms with E-state index in [0.717, 1.165) is 6.54 Å². The summed E-state index contributed by atoms with van der Waals surface area (Å²) < 4.78 is 0. The van der Waals surface area contributed by atoms with Crippen molar-refractivity contribution in [1.29, 1.82) is 0 Å². The second kappa shape index (κ2) is 6.67. The molecule has 0 aliphatic carbocycles. The number of benzene rings is 1. The number of nitrogens with zero attached hydrogens (tertiary/aromatic N) is 2. The van der Waals surface area contributed by atoms with Crippen molar-refractivity contribution in [3.8, 4) is 0 Å². The Morgan fingerprint density at radius 2 is 1.53 bits per heavy atom. The van der Waals surface area contributed by atoms with Crippen LogP contribution < -0.4 is 4.90 Å². The third-order valence-corrected chi connectivity index (χ3v) is 5.11. The average molecular weight is 276 g/mol. The molecule has 2 aliphatic heterocycles. The number of rotatable bonds is 3. The maximum absolute atomic E-state index is 2.59. The van der Waals surface area contributed by atoms with Gasteiger partial charge in [-0.1, -0.05) is 18.6 Å². The lowest BCUT2D eigenvalue weighted by Crippen LogP contribution is -2.32. The summed E-state index contributed by atoms with van der Waals surface area (Å²) in [6, 6.07) is 9.28. The van der Waals surface area contributed by atoms with Crippen molar-refractivity contribution >= 4 is 17.4 Å². The molecule has 0 amide bonds. The smallest absolute Gasteiger partial charge is 0.0366 e. The van der Waals surface area contributed by atoms with Crippen molar-refractivity contribution in [3.05, 3.63) is 29.8 Å². The Morgan fingerprint density at radius 1 is 0.842 bits per heavy atom. The van der Waals surface area contributed by atoms with Crippen LogP contribution in [-0.2, 0) is 6.54 Å². The predicted molar refractivity (Wildman–Crippen MR) is 85.1 cm³/mol. The molecular formula is C16H24N2S. The molecule has 1 aromatic rings. The molecule has 104 valence electrons. The van der Waals surface area contributed by atoms with E-state index in [1.165, 1.54) is 68.2 Å². The second-order valence-corrected chi connectivity index (χ2v) is 6.83. The van der Waals surface area contributed by atoms with Gasteiger partial charge in [0.25, 0.3) is 0 Å². The molecule has 0 radical (unpaired) electrons. The Morgan fingerprint density at radius 3 is 2.21 bits per heavy atom. The van der Waals surface area contributed by atoms with Crippen LogP contribution in [-0.4, -0.2) is 42.6 Å². The maximum atomic E-state index is 2.59. The van der Waals surface area contributed by atoms with Crippen LogP contribution in [0.15, 0.2) is 24.3 Å². The lowest BCUT2D eigenvalue weighted by molar-refractivity contribution is 0.221. The summed E-state index contributed by atoms with van der Waals surface area (Å²) in [6.07, 6.45) is 4.18. The topological polar surface area (TPSA) is 6.48 Å². The standard InChI is InChI=1S/C16H24N2S/c1-2-8-17(9-3-1)14-15-4-6-16(7-5-15)18-10-12-19-13-11-18/h4-7H,1-3,8-14H2. The normalized spacial score (nSPS) is 21.6. The minimum atomic E-state index is 1.14. The lowest BCUT2D eigenvalue weighted by atomic mass is 10.1. The summed E-state index contributed by atoms with van der Waals surface area (Å²) >= 11 is 2.07. The summed E-state index contributed by atoms with van der Waals surface area (Å²) in [7, 11) is 0. The van der Waals surface area contributed by atoms with E-state index in [2.05, 4.69) is 45.8 Å². The van der Waals surface area contributed by atoms with E-state index in [9.17, 15) is 0 Å². The van der Waals surface area contributed by atoms with Crippen LogP contribution in [0.2, 0.25) is 0 Å². The van der Waals surface area contributed by atoms with Gasteiger partial charge in [-0.3, -0.25) is 4.90 Å². The number of hydrogen-bond acceptors (Lipinski definition) is 3. The van der Waals surface area contributed by atoms with Gasteiger partial charge in [0.15, 0.2) is 0 Å². The Labute approximate surface area is 121 Å². The highest BCUT2D eigenvalue weighted by Crippen LogP contribution is 2.21. The number of thioether (sulfide) groups is 1. The minimum absolute atomic E-state index is 1.14. The van der Waals surface area contributed by atoms with Crippen molar-refractivity contribution in [2.24, 2.45) is 0 Å². The SMILES string of the molecule is c1cc(N2CCSCC2)ccc1CN1CCCCC1.